The Morgan fingerprint density at radius 2 is 2.00 bits per heavy atom. The number of nitrogens with zero attached hydrogens (tertiary/aromatic N) is 1. The van der Waals surface area contributed by atoms with Crippen LogP contribution in [-0.4, -0.2) is 43.3 Å². The number of ketones is 1. The Morgan fingerprint density at radius 1 is 1.35 bits per heavy atom. The summed E-state index contributed by atoms with van der Waals surface area (Å²) in [6.45, 7) is 2.07. The lowest BCUT2D eigenvalue weighted by Crippen LogP contribution is -2.46. The maximum atomic E-state index is 12.3. The van der Waals surface area contributed by atoms with Crippen molar-refractivity contribution in [2.75, 3.05) is 13.1 Å². The lowest BCUT2D eigenvalue weighted by molar-refractivity contribution is 0.0731. The summed E-state index contributed by atoms with van der Waals surface area (Å²) in [6.07, 6.45) is 1.09. The van der Waals surface area contributed by atoms with E-state index in [1.165, 1.54) is 11.8 Å². The van der Waals surface area contributed by atoms with Crippen LogP contribution < -0.4 is 5.14 Å². The van der Waals surface area contributed by atoms with Crippen LogP contribution in [0.4, 0.5) is 0 Å². The molecule has 1 atom stereocenters. The van der Waals surface area contributed by atoms with Crippen LogP contribution >= 0.6 is 11.3 Å². The number of likely N-dealkylation sites (tertiary alicyclic amines) is 1. The predicted molar refractivity (Wildman–Crippen MR) is 76.4 cm³/mol. The van der Waals surface area contributed by atoms with Crippen LogP contribution in [0.25, 0.3) is 0 Å². The third-order valence-corrected chi connectivity index (χ3v) is 5.78. The highest BCUT2D eigenvalue weighted by Crippen LogP contribution is 2.22. The number of nitrogens with two attached hydrogens (primary N) is 1. The van der Waals surface area contributed by atoms with Gasteiger partial charge in [-0.15, -0.1) is 11.3 Å². The van der Waals surface area contributed by atoms with Gasteiger partial charge in [-0.3, -0.25) is 9.59 Å². The summed E-state index contributed by atoms with van der Waals surface area (Å²) in [4.78, 5) is 26.0. The lowest BCUT2D eigenvalue weighted by atomic mass is 10.1. The zero-order chi connectivity index (χ0) is 14.9. The van der Waals surface area contributed by atoms with E-state index < -0.39 is 15.3 Å². The molecule has 8 heteroatoms. The van der Waals surface area contributed by atoms with Crippen molar-refractivity contribution >= 4 is 33.1 Å². The Hall–Kier alpha value is -1.25. The molecule has 1 amide bonds. The van der Waals surface area contributed by atoms with Gasteiger partial charge >= 0.3 is 0 Å². The molecular weight excluding hydrogens is 300 g/mol. The van der Waals surface area contributed by atoms with Gasteiger partial charge < -0.3 is 4.90 Å². The number of hydrogen-bond donors (Lipinski definition) is 1. The molecule has 0 bridgehead atoms. The number of hydrogen-bond acceptors (Lipinski definition) is 5. The van der Waals surface area contributed by atoms with Crippen molar-refractivity contribution in [3.8, 4) is 0 Å². The second-order valence-electron chi connectivity index (χ2n) is 4.82. The Morgan fingerprint density at radius 3 is 2.55 bits per heavy atom. The number of rotatable bonds is 3. The average Bonchev–Trinajstić information content (AvgIpc) is 2.87. The van der Waals surface area contributed by atoms with Gasteiger partial charge in [-0.1, -0.05) is 0 Å². The van der Waals surface area contributed by atoms with E-state index in [0.29, 0.717) is 29.1 Å². The van der Waals surface area contributed by atoms with Gasteiger partial charge in [0.05, 0.1) is 15.0 Å². The van der Waals surface area contributed by atoms with E-state index >= 15 is 0 Å². The topological polar surface area (TPSA) is 97.5 Å². The molecule has 1 aliphatic heterocycles. The van der Waals surface area contributed by atoms with Crippen molar-refractivity contribution in [3.63, 3.8) is 0 Å². The number of carbonyl (C=O) groups is 2. The Bertz CT molecular complexity index is 636. The third kappa shape index (κ3) is 3.25. The number of thiophene rings is 1. The minimum Gasteiger partial charge on any atom is -0.337 e. The average molecular weight is 316 g/mol. The fraction of sp³-hybridized carbons (Fsp3) is 0.500. The molecule has 1 aromatic rings. The first kappa shape index (κ1) is 15.1. The number of primary sulfonamides is 1. The fourth-order valence-electron chi connectivity index (χ4n) is 2.19. The molecule has 6 nitrogen and oxygen atoms in total. The molecule has 2 heterocycles. The standard InChI is InChI=1S/C12H16N2O4S2/c1-8(15)10-4-5-11(19-10)12(16)14-6-2-3-9(7-14)20(13,17)18/h4-5,9H,2-3,6-7H2,1H3,(H2,13,17,18). The van der Waals surface area contributed by atoms with Gasteiger partial charge in [0.25, 0.3) is 5.91 Å². The van der Waals surface area contributed by atoms with Crippen LogP contribution in [0.3, 0.4) is 0 Å². The molecule has 0 aliphatic carbocycles. The van der Waals surface area contributed by atoms with Crippen LogP contribution in [0.15, 0.2) is 12.1 Å². The quantitative estimate of drug-likeness (QED) is 0.836. The lowest BCUT2D eigenvalue weighted by Gasteiger charge is -2.31. The van der Waals surface area contributed by atoms with Gasteiger partial charge in [-0.05, 0) is 31.9 Å². The van der Waals surface area contributed by atoms with Gasteiger partial charge in [0, 0.05) is 13.1 Å². The molecule has 0 saturated carbocycles. The zero-order valence-corrected chi connectivity index (χ0v) is 12.7. The van der Waals surface area contributed by atoms with Crippen LogP contribution in [0, 0.1) is 0 Å². The highest BCUT2D eigenvalue weighted by atomic mass is 32.2. The molecule has 1 fully saturated rings. The summed E-state index contributed by atoms with van der Waals surface area (Å²) in [6, 6.07) is 3.21. The van der Waals surface area contributed by atoms with Crippen molar-refractivity contribution < 1.29 is 18.0 Å². The Balaban J connectivity index is 2.14. The van der Waals surface area contributed by atoms with Crippen molar-refractivity contribution in [2.45, 2.75) is 25.0 Å². The molecule has 110 valence electrons. The van der Waals surface area contributed by atoms with Crippen LogP contribution in [0.5, 0.6) is 0 Å². The molecule has 0 aromatic carbocycles. The second kappa shape index (κ2) is 5.63. The first-order valence-corrected chi connectivity index (χ1v) is 8.63. The molecule has 1 unspecified atom stereocenters. The van der Waals surface area contributed by atoms with E-state index in [1.54, 1.807) is 12.1 Å². The zero-order valence-electron chi connectivity index (χ0n) is 11.0. The molecular formula is C12H16N2O4S2. The van der Waals surface area contributed by atoms with Crippen molar-refractivity contribution in [1.29, 1.82) is 0 Å². The minimum absolute atomic E-state index is 0.0879. The monoisotopic (exact) mass is 316 g/mol. The van der Waals surface area contributed by atoms with Gasteiger partial charge in [0.2, 0.25) is 10.0 Å². The summed E-state index contributed by atoms with van der Waals surface area (Å²) in [5.74, 6) is -0.328. The van der Waals surface area contributed by atoms with E-state index in [2.05, 4.69) is 0 Å². The molecule has 1 aliphatic rings. The van der Waals surface area contributed by atoms with Crippen LogP contribution in [0.1, 0.15) is 39.1 Å². The normalized spacial score (nSPS) is 19.9. The van der Waals surface area contributed by atoms with E-state index in [4.69, 9.17) is 5.14 Å². The van der Waals surface area contributed by atoms with E-state index in [1.807, 2.05) is 0 Å². The van der Waals surface area contributed by atoms with E-state index in [0.717, 1.165) is 11.3 Å². The maximum absolute atomic E-state index is 12.3. The molecule has 2 rings (SSSR count). The summed E-state index contributed by atoms with van der Waals surface area (Å²) in [5, 5.41) is 4.45. The van der Waals surface area contributed by atoms with Gasteiger partial charge in [-0.2, -0.15) is 0 Å². The third-order valence-electron chi connectivity index (χ3n) is 3.29. The first-order valence-electron chi connectivity index (χ1n) is 6.20. The first-order chi connectivity index (χ1) is 9.29. The Labute approximate surface area is 121 Å². The molecule has 0 radical (unpaired) electrons. The van der Waals surface area contributed by atoms with Crippen LogP contribution in [0.2, 0.25) is 0 Å². The minimum atomic E-state index is -3.63. The maximum Gasteiger partial charge on any atom is 0.263 e. The fourth-order valence-corrected chi connectivity index (χ4v) is 3.94. The number of piperidine rings is 1. The summed E-state index contributed by atoms with van der Waals surface area (Å²) in [7, 11) is -3.63. The van der Waals surface area contributed by atoms with Crippen LogP contribution in [-0.2, 0) is 10.0 Å². The van der Waals surface area contributed by atoms with Crippen molar-refractivity contribution in [3.05, 3.63) is 21.9 Å². The van der Waals surface area contributed by atoms with Crippen molar-refractivity contribution in [2.24, 2.45) is 5.14 Å². The molecule has 0 spiro atoms. The van der Waals surface area contributed by atoms with Gasteiger partial charge in [0.15, 0.2) is 5.78 Å². The highest BCUT2D eigenvalue weighted by molar-refractivity contribution is 7.89. The summed E-state index contributed by atoms with van der Waals surface area (Å²) in [5.41, 5.74) is 0. The molecule has 2 N–H and O–H groups in total. The molecule has 1 aromatic heterocycles. The van der Waals surface area contributed by atoms with Gasteiger partial charge in [0.1, 0.15) is 0 Å². The summed E-state index contributed by atoms with van der Waals surface area (Å²) < 4.78 is 22.8. The van der Waals surface area contributed by atoms with E-state index in [9.17, 15) is 18.0 Å². The summed E-state index contributed by atoms with van der Waals surface area (Å²) >= 11 is 1.13. The van der Waals surface area contributed by atoms with E-state index in [-0.39, 0.29) is 18.2 Å². The molecule has 20 heavy (non-hydrogen) atoms. The highest BCUT2D eigenvalue weighted by Gasteiger charge is 2.31. The number of amides is 1. The van der Waals surface area contributed by atoms with Crippen molar-refractivity contribution in [1.82, 2.24) is 4.90 Å². The smallest absolute Gasteiger partial charge is 0.263 e. The number of carbonyl (C=O) groups excluding carboxylic acids is 2. The predicted octanol–water partition coefficient (Wildman–Crippen LogP) is 0.844. The van der Waals surface area contributed by atoms with Gasteiger partial charge in [-0.25, -0.2) is 13.6 Å². The number of sulfonamides is 1. The SMILES string of the molecule is CC(=O)c1ccc(C(=O)N2CCCC(S(N)(=O)=O)C2)s1. The number of Topliss-reactive ketones (excluding diaryl/α,β-unsaturated/α-hetero) is 1. The second-order valence-corrected chi connectivity index (χ2v) is 7.75. The largest absolute Gasteiger partial charge is 0.337 e. The molecule has 1 saturated heterocycles. The Kier molecular flexibility index (Phi) is 4.26.